The van der Waals surface area contributed by atoms with Gasteiger partial charge in [-0.15, -0.1) is 0 Å². The summed E-state index contributed by atoms with van der Waals surface area (Å²) in [4.78, 5) is 28.3. The van der Waals surface area contributed by atoms with Crippen LogP contribution in [0.25, 0.3) is 11.0 Å². The molecule has 0 spiro atoms. The number of ether oxygens (including phenoxy) is 1. The summed E-state index contributed by atoms with van der Waals surface area (Å²) >= 11 is 5.97. The van der Waals surface area contributed by atoms with E-state index in [2.05, 4.69) is 10.3 Å². The number of aryl methyl sites for hydroxylation is 1. The maximum atomic E-state index is 12.3. The van der Waals surface area contributed by atoms with Crippen LogP contribution >= 0.6 is 11.6 Å². The monoisotopic (exact) mass is 372 g/mol. The van der Waals surface area contributed by atoms with Gasteiger partial charge in [-0.2, -0.15) is 0 Å². The predicted molar refractivity (Wildman–Crippen MR) is 100.0 cm³/mol. The molecule has 0 bridgehead atoms. The number of anilines is 1. The highest BCUT2D eigenvalue weighted by atomic mass is 35.5. The van der Waals surface area contributed by atoms with Crippen molar-refractivity contribution in [2.75, 3.05) is 12.4 Å². The van der Waals surface area contributed by atoms with E-state index in [4.69, 9.17) is 20.8 Å². The second-order valence-electron chi connectivity index (χ2n) is 5.76. The number of rotatable bonds is 5. The Balaban J connectivity index is 1.79. The normalized spacial score (nSPS) is 10.7. The van der Waals surface area contributed by atoms with Gasteiger partial charge in [-0.05, 0) is 37.1 Å². The fourth-order valence-electron chi connectivity index (χ4n) is 2.72. The van der Waals surface area contributed by atoms with Crippen molar-refractivity contribution in [3.05, 3.63) is 63.2 Å². The minimum atomic E-state index is -0.446. The number of nitrogens with one attached hydrogen (secondary N) is 1. The minimum Gasteiger partial charge on any atom is -0.497 e. The average Bonchev–Trinajstić information content (AvgIpc) is 2.63. The van der Waals surface area contributed by atoms with Crippen molar-refractivity contribution < 1.29 is 13.9 Å². The van der Waals surface area contributed by atoms with Crippen molar-refractivity contribution in [3.8, 4) is 5.75 Å². The van der Waals surface area contributed by atoms with Crippen molar-refractivity contribution in [1.82, 2.24) is 4.98 Å². The molecule has 26 heavy (non-hydrogen) atoms. The Morgan fingerprint density at radius 2 is 2.15 bits per heavy atom. The molecule has 0 radical (unpaired) electrons. The van der Waals surface area contributed by atoms with E-state index in [0.717, 1.165) is 10.9 Å². The van der Waals surface area contributed by atoms with Crippen LogP contribution in [0.5, 0.6) is 5.75 Å². The molecule has 0 aliphatic rings. The van der Waals surface area contributed by atoms with Gasteiger partial charge < -0.3 is 14.5 Å². The van der Waals surface area contributed by atoms with Gasteiger partial charge in [0.1, 0.15) is 11.3 Å². The van der Waals surface area contributed by atoms with Gasteiger partial charge in [-0.1, -0.05) is 11.6 Å². The maximum Gasteiger partial charge on any atom is 0.339 e. The van der Waals surface area contributed by atoms with Crippen LogP contribution in [0.1, 0.15) is 17.5 Å². The molecule has 0 saturated heterocycles. The number of hydrogen-bond acceptors (Lipinski definition) is 5. The summed E-state index contributed by atoms with van der Waals surface area (Å²) in [5.41, 5.74) is 1.79. The molecular weight excluding hydrogens is 356 g/mol. The Hall–Kier alpha value is -2.86. The molecule has 7 heteroatoms. The van der Waals surface area contributed by atoms with Gasteiger partial charge >= 0.3 is 5.63 Å². The molecule has 0 saturated carbocycles. The molecule has 0 fully saturated rings. The number of amides is 1. The van der Waals surface area contributed by atoms with Crippen molar-refractivity contribution >= 4 is 34.2 Å². The van der Waals surface area contributed by atoms with Crippen LogP contribution in [0.3, 0.4) is 0 Å². The van der Waals surface area contributed by atoms with Gasteiger partial charge in [0.05, 0.1) is 17.8 Å². The van der Waals surface area contributed by atoms with Crippen molar-refractivity contribution in [2.24, 2.45) is 0 Å². The highest BCUT2D eigenvalue weighted by molar-refractivity contribution is 6.33. The van der Waals surface area contributed by atoms with Gasteiger partial charge in [0, 0.05) is 35.8 Å². The zero-order valence-corrected chi connectivity index (χ0v) is 15.1. The summed E-state index contributed by atoms with van der Waals surface area (Å²) in [6, 6.07) is 6.93. The molecular formula is C19H17ClN2O4. The number of hydrogen-bond donors (Lipinski definition) is 1. The average molecular weight is 373 g/mol. The van der Waals surface area contributed by atoms with Crippen LogP contribution in [0, 0.1) is 6.92 Å². The number of pyridine rings is 1. The van der Waals surface area contributed by atoms with E-state index >= 15 is 0 Å². The molecule has 0 unspecified atom stereocenters. The van der Waals surface area contributed by atoms with Gasteiger partial charge in [0.15, 0.2) is 0 Å². The molecule has 1 amide bonds. The number of methoxy groups -OCH3 is 1. The van der Waals surface area contributed by atoms with E-state index in [-0.39, 0.29) is 18.7 Å². The van der Waals surface area contributed by atoms with E-state index in [1.807, 2.05) is 13.0 Å². The smallest absolute Gasteiger partial charge is 0.339 e. The largest absolute Gasteiger partial charge is 0.497 e. The Morgan fingerprint density at radius 3 is 2.88 bits per heavy atom. The summed E-state index contributed by atoms with van der Waals surface area (Å²) in [6.07, 6.45) is 3.39. The van der Waals surface area contributed by atoms with E-state index in [1.54, 1.807) is 25.3 Å². The molecule has 3 aromatic rings. The van der Waals surface area contributed by atoms with Crippen LogP contribution < -0.4 is 15.7 Å². The lowest BCUT2D eigenvalue weighted by molar-refractivity contribution is -0.116. The predicted octanol–water partition coefficient (Wildman–Crippen LogP) is 3.73. The van der Waals surface area contributed by atoms with Crippen LogP contribution in [0.2, 0.25) is 5.02 Å². The van der Waals surface area contributed by atoms with Crippen LogP contribution in [0.15, 0.2) is 45.9 Å². The summed E-state index contributed by atoms with van der Waals surface area (Å²) in [7, 11) is 1.55. The molecule has 1 aromatic carbocycles. The molecule has 2 aromatic heterocycles. The van der Waals surface area contributed by atoms with Gasteiger partial charge in [0.25, 0.3) is 0 Å². The lowest BCUT2D eigenvalue weighted by atomic mass is 10.0. The highest BCUT2D eigenvalue weighted by Crippen LogP contribution is 2.25. The lowest BCUT2D eigenvalue weighted by Crippen LogP contribution is -2.16. The molecule has 6 nitrogen and oxygen atoms in total. The third-order valence-electron chi connectivity index (χ3n) is 4.14. The number of carbonyl (C=O) groups is 1. The Labute approximate surface area is 154 Å². The summed E-state index contributed by atoms with van der Waals surface area (Å²) in [5.74, 6) is 0.369. The molecule has 0 atom stereocenters. The number of fused-ring (bicyclic) bond motifs is 1. The number of nitrogens with zero attached hydrogens (tertiary/aromatic N) is 1. The third-order valence-corrected chi connectivity index (χ3v) is 4.44. The molecule has 0 aliphatic carbocycles. The number of aromatic nitrogens is 1. The summed E-state index contributed by atoms with van der Waals surface area (Å²) in [5, 5.41) is 3.89. The zero-order chi connectivity index (χ0) is 18.7. The van der Waals surface area contributed by atoms with Crippen LogP contribution in [0.4, 0.5) is 5.69 Å². The first-order valence-electron chi connectivity index (χ1n) is 7.99. The first kappa shape index (κ1) is 17.9. The zero-order valence-electron chi connectivity index (χ0n) is 14.3. The topological polar surface area (TPSA) is 81.4 Å². The molecule has 1 N–H and O–H groups in total. The van der Waals surface area contributed by atoms with E-state index in [0.29, 0.717) is 27.6 Å². The summed E-state index contributed by atoms with van der Waals surface area (Å²) < 4.78 is 10.5. The minimum absolute atomic E-state index is 0.131. The number of halogens is 1. The fraction of sp³-hybridized carbons (Fsp3) is 0.211. The molecule has 0 aliphatic heterocycles. The van der Waals surface area contributed by atoms with Crippen molar-refractivity contribution in [1.29, 1.82) is 0 Å². The first-order valence-corrected chi connectivity index (χ1v) is 8.37. The molecule has 3 rings (SSSR count). The lowest BCUT2D eigenvalue weighted by Gasteiger charge is -2.09. The van der Waals surface area contributed by atoms with Crippen molar-refractivity contribution in [2.45, 2.75) is 19.8 Å². The SMILES string of the molecule is COc1ccc2c(C)c(CCC(=O)Nc3ccncc3Cl)c(=O)oc2c1. The second-order valence-corrected chi connectivity index (χ2v) is 6.17. The Kier molecular flexibility index (Phi) is 5.23. The van der Waals surface area contributed by atoms with Crippen molar-refractivity contribution in [3.63, 3.8) is 0 Å². The fourth-order valence-corrected chi connectivity index (χ4v) is 2.88. The van der Waals surface area contributed by atoms with E-state index in [1.165, 1.54) is 12.4 Å². The number of carbonyl (C=O) groups excluding carboxylic acids is 1. The second kappa shape index (κ2) is 7.58. The summed E-state index contributed by atoms with van der Waals surface area (Å²) in [6.45, 7) is 1.85. The maximum absolute atomic E-state index is 12.3. The van der Waals surface area contributed by atoms with Crippen LogP contribution in [-0.4, -0.2) is 18.0 Å². The third kappa shape index (κ3) is 3.70. The number of benzene rings is 1. The van der Waals surface area contributed by atoms with E-state index < -0.39 is 5.63 Å². The molecule has 134 valence electrons. The standard InChI is InChI=1S/C19H17ClN2O4/c1-11-13-4-3-12(25-2)9-17(13)26-19(24)14(11)5-6-18(23)22-16-7-8-21-10-15(16)20/h3-4,7-10H,5-6H2,1-2H3,(H,21,22,23). The Morgan fingerprint density at radius 1 is 1.35 bits per heavy atom. The van der Waals surface area contributed by atoms with E-state index in [9.17, 15) is 9.59 Å². The molecule has 2 heterocycles. The highest BCUT2D eigenvalue weighted by Gasteiger charge is 2.14. The first-order chi connectivity index (χ1) is 12.5. The Bertz CT molecular complexity index is 1030. The van der Waals surface area contributed by atoms with Gasteiger partial charge in [-0.3, -0.25) is 9.78 Å². The van der Waals surface area contributed by atoms with Gasteiger partial charge in [0.2, 0.25) is 5.91 Å². The van der Waals surface area contributed by atoms with Crippen LogP contribution in [-0.2, 0) is 11.2 Å². The quantitative estimate of drug-likeness (QED) is 0.690. The van der Waals surface area contributed by atoms with Gasteiger partial charge in [-0.25, -0.2) is 4.79 Å².